The molecule has 3 amide bonds. The van der Waals surface area contributed by atoms with Gasteiger partial charge in [-0.3, -0.25) is 19.3 Å². The molecule has 2 aliphatic rings. The number of rotatable bonds is 5. The van der Waals surface area contributed by atoms with E-state index in [1.807, 2.05) is 36.4 Å². The van der Waals surface area contributed by atoms with E-state index in [1.165, 1.54) is 0 Å². The third-order valence-electron chi connectivity index (χ3n) is 5.22. The van der Waals surface area contributed by atoms with E-state index in [0.717, 1.165) is 33.0 Å². The van der Waals surface area contributed by atoms with Crippen LogP contribution in [0.4, 0.5) is 4.79 Å². The molecule has 1 saturated heterocycles. The Morgan fingerprint density at radius 3 is 2.75 bits per heavy atom. The molecule has 3 aromatic rings. The first-order chi connectivity index (χ1) is 15.6. The first kappa shape index (κ1) is 20.1. The molecule has 0 saturated carbocycles. The number of amides is 3. The number of nitrogens with zero attached hydrogens (tertiary/aromatic N) is 1. The number of fused-ring (bicyclic) bond motifs is 2. The van der Waals surface area contributed by atoms with Crippen LogP contribution in [-0.2, 0) is 4.79 Å². The van der Waals surface area contributed by atoms with Crippen molar-refractivity contribution in [2.75, 3.05) is 19.9 Å². The van der Waals surface area contributed by atoms with Crippen LogP contribution in [0.1, 0.15) is 15.9 Å². The van der Waals surface area contributed by atoms with Crippen LogP contribution < -0.4 is 14.8 Å². The number of nitrogens with one attached hydrogen (secondary N) is 1. The fourth-order valence-corrected chi connectivity index (χ4v) is 4.51. The summed E-state index contributed by atoms with van der Waals surface area (Å²) in [5.74, 6) is 0.632. The molecule has 2 aliphatic heterocycles. The summed E-state index contributed by atoms with van der Waals surface area (Å²) in [5, 5.41) is 4.27. The Labute approximate surface area is 188 Å². The third-order valence-corrected chi connectivity index (χ3v) is 6.13. The van der Waals surface area contributed by atoms with Crippen molar-refractivity contribution in [3.63, 3.8) is 0 Å². The normalized spacial score (nSPS) is 16.2. The lowest BCUT2D eigenvalue weighted by atomic mass is 10.0. The van der Waals surface area contributed by atoms with E-state index in [1.54, 1.807) is 30.3 Å². The molecular weight excluding hydrogens is 428 g/mol. The van der Waals surface area contributed by atoms with Gasteiger partial charge >= 0.3 is 0 Å². The van der Waals surface area contributed by atoms with E-state index in [0.29, 0.717) is 22.0 Å². The van der Waals surface area contributed by atoms with Crippen molar-refractivity contribution >= 4 is 45.7 Å². The minimum absolute atomic E-state index is 0.0969. The Morgan fingerprint density at radius 1 is 1.03 bits per heavy atom. The molecule has 0 aliphatic carbocycles. The number of imide groups is 1. The number of benzene rings is 3. The molecule has 1 N–H and O–H groups in total. The Morgan fingerprint density at radius 2 is 1.84 bits per heavy atom. The second-order valence-corrected chi connectivity index (χ2v) is 8.22. The van der Waals surface area contributed by atoms with Crippen LogP contribution in [0.15, 0.2) is 65.6 Å². The lowest BCUT2D eigenvalue weighted by Crippen LogP contribution is -2.37. The zero-order valence-electron chi connectivity index (χ0n) is 16.9. The summed E-state index contributed by atoms with van der Waals surface area (Å²) >= 11 is 0.881. The highest BCUT2D eigenvalue weighted by atomic mass is 32.2. The molecule has 5 rings (SSSR count). The average Bonchev–Trinajstić information content (AvgIpc) is 3.38. The number of hydrogen-bond donors (Lipinski definition) is 1. The zero-order valence-corrected chi connectivity index (χ0v) is 17.7. The van der Waals surface area contributed by atoms with Crippen LogP contribution >= 0.6 is 11.8 Å². The van der Waals surface area contributed by atoms with Gasteiger partial charge in [-0.2, -0.15) is 0 Å². The fourth-order valence-electron chi connectivity index (χ4n) is 3.65. The Kier molecular flexibility index (Phi) is 5.28. The van der Waals surface area contributed by atoms with Gasteiger partial charge in [-0.15, -0.1) is 0 Å². The summed E-state index contributed by atoms with van der Waals surface area (Å²) in [4.78, 5) is 39.2. The van der Waals surface area contributed by atoms with Crippen molar-refractivity contribution in [2.24, 2.45) is 0 Å². The van der Waals surface area contributed by atoms with Gasteiger partial charge in [0, 0.05) is 18.7 Å². The Bertz CT molecular complexity index is 1280. The minimum atomic E-state index is -0.378. The molecule has 0 aromatic heterocycles. The van der Waals surface area contributed by atoms with Gasteiger partial charge in [0.05, 0.1) is 4.91 Å². The van der Waals surface area contributed by atoms with Crippen LogP contribution in [0, 0.1) is 0 Å². The molecule has 0 unspecified atom stereocenters. The van der Waals surface area contributed by atoms with Crippen molar-refractivity contribution in [2.45, 2.75) is 0 Å². The van der Waals surface area contributed by atoms with Crippen LogP contribution in [-0.4, -0.2) is 41.8 Å². The lowest BCUT2D eigenvalue weighted by Gasteiger charge is -2.13. The van der Waals surface area contributed by atoms with Gasteiger partial charge in [-0.25, -0.2) is 0 Å². The molecule has 3 aromatic carbocycles. The van der Waals surface area contributed by atoms with Crippen LogP contribution in [0.25, 0.3) is 16.8 Å². The standard InChI is InChI=1S/C24H18N2O5S/c27-22(18-7-3-5-16-4-1-2-6-17(16)18)25-10-11-26-23(28)21(32-24(26)29)13-15-8-9-19-20(12-15)31-14-30-19/h1-9,12-13H,10-11,14H2,(H,25,27)/b21-13-. The Balaban J connectivity index is 1.24. The van der Waals surface area contributed by atoms with Gasteiger partial charge in [-0.1, -0.05) is 42.5 Å². The summed E-state index contributed by atoms with van der Waals surface area (Å²) < 4.78 is 10.6. The van der Waals surface area contributed by atoms with Crippen molar-refractivity contribution in [3.8, 4) is 11.5 Å². The lowest BCUT2D eigenvalue weighted by molar-refractivity contribution is -0.122. The average molecular weight is 446 g/mol. The van der Waals surface area contributed by atoms with Gasteiger partial charge in [-0.05, 0) is 52.4 Å². The molecule has 1 fully saturated rings. The highest BCUT2D eigenvalue weighted by Crippen LogP contribution is 2.36. The van der Waals surface area contributed by atoms with Gasteiger partial charge < -0.3 is 14.8 Å². The minimum Gasteiger partial charge on any atom is -0.454 e. The van der Waals surface area contributed by atoms with Crippen molar-refractivity contribution in [3.05, 3.63) is 76.7 Å². The van der Waals surface area contributed by atoms with E-state index < -0.39 is 0 Å². The van der Waals surface area contributed by atoms with Gasteiger partial charge in [0.1, 0.15) is 0 Å². The van der Waals surface area contributed by atoms with Crippen LogP contribution in [0.5, 0.6) is 11.5 Å². The number of hydrogen-bond acceptors (Lipinski definition) is 6. The SMILES string of the molecule is O=C(NCCN1C(=O)S/C(=C\c2ccc3c(c2)OCO3)C1=O)c1cccc2ccccc12. The molecule has 2 heterocycles. The molecule has 7 nitrogen and oxygen atoms in total. The van der Waals surface area contributed by atoms with E-state index in [-0.39, 0.29) is 36.9 Å². The zero-order chi connectivity index (χ0) is 22.1. The topological polar surface area (TPSA) is 84.9 Å². The molecular formula is C24H18N2O5S. The molecule has 0 bridgehead atoms. The van der Waals surface area contributed by atoms with E-state index in [9.17, 15) is 14.4 Å². The highest BCUT2D eigenvalue weighted by Gasteiger charge is 2.34. The van der Waals surface area contributed by atoms with Gasteiger partial charge in [0.2, 0.25) is 6.79 Å². The predicted molar refractivity (Wildman–Crippen MR) is 122 cm³/mol. The summed E-state index contributed by atoms with van der Waals surface area (Å²) in [7, 11) is 0. The smallest absolute Gasteiger partial charge is 0.293 e. The maximum Gasteiger partial charge on any atom is 0.293 e. The van der Waals surface area contributed by atoms with Crippen molar-refractivity contribution in [1.82, 2.24) is 10.2 Å². The van der Waals surface area contributed by atoms with E-state index in [4.69, 9.17) is 9.47 Å². The monoisotopic (exact) mass is 446 g/mol. The molecule has 0 spiro atoms. The quantitative estimate of drug-likeness (QED) is 0.596. The maximum atomic E-state index is 12.7. The number of ether oxygens (including phenoxy) is 2. The largest absolute Gasteiger partial charge is 0.454 e. The predicted octanol–water partition coefficient (Wildman–Crippen LogP) is 4.03. The molecule has 32 heavy (non-hydrogen) atoms. The number of carbonyl (C=O) groups excluding carboxylic acids is 3. The second-order valence-electron chi connectivity index (χ2n) is 7.23. The second kappa shape index (κ2) is 8.39. The van der Waals surface area contributed by atoms with E-state index >= 15 is 0 Å². The van der Waals surface area contributed by atoms with Crippen molar-refractivity contribution in [1.29, 1.82) is 0 Å². The Hall–Kier alpha value is -3.78. The van der Waals surface area contributed by atoms with Crippen LogP contribution in [0.2, 0.25) is 0 Å². The third kappa shape index (κ3) is 3.80. The van der Waals surface area contributed by atoms with E-state index in [2.05, 4.69) is 5.32 Å². The molecule has 160 valence electrons. The maximum absolute atomic E-state index is 12.7. The number of thioether (sulfide) groups is 1. The van der Waals surface area contributed by atoms with Crippen LogP contribution in [0.3, 0.4) is 0 Å². The molecule has 0 radical (unpaired) electrons. The number of carbonyl (C=O) groups is 3. The van der Waals surface area contributed by atoms with Crippen molar-refractivity contribution < 1.29 is 23.9 Å². The summed E-state index contributed by atoms with van der Waals surface area (Å²) in [6.45, 7) is 0.427. The fraction of sp³-hybridized carbons (Fsp3) is 0.125. The summed E-state index contributed by atoms with van der Waals surface area (Å²) in [5.41, 5.74) is 1.30. The summed E-state index contributed by atoms with van der Waals surface area (Å²) in [6.07, 6.45) is 1.65. The highest BCUT2D eigenvalue weighted by molar-refractivity contribution is 8.18. The first-order valence-electron chi connectivity index (χ1n) is 10.0. The van der Waals surface area contributed by atoms with Gasteiger partial charge in [0.25, 0.3) is 17.1 Å². The molecule has 0 atom stereocenters. The summed E-state index contributed by atoms with van der Waals surface area (Å²) in [6, 6.07) is 18.5. The molecule has 8 heteroatoms. The first-order valence-corrected chi connectivity index (χ1v) is 10.8. The van der Waals surface area contributed by atoms with Gasteiger partial charge in [0.15, 0.2) is 11.5 Å².